The number of ether oxygens (including phenoxy) is 1. The molecular weight excluding hydrogens is 382 g/mol. The Kier molecular flexibility index (Phi) is 6.43. The minimum Gasteiger partial charge on any atom is -0.378 e. The van der Waals surface area contributed by atoms with Gasteiger partial charge in [-0.2, -0.15) is 0 Å². The molecule has 2 aromatic rings. The first-order valence-corrected chi connectivity index (χ1v) is 11.2. The quantitative estimate of drug-likeness (QED) is 0.702. The van der Waals surface area contributed by atoms with E-state index in [0.717, 1.165) is 49.7 Å². The fourth-order valence-corrected chi connectivity index (χ4v) is 5.11. The third-order valence-corrected chi connectivity index (χ3v) is 7.07. The second kappa shape index (κ2) is 9.03. The zero-order chi connectivity index (χ0) is 20.3. The Hall–Kier alpha value is -1.62. The van der Waals surface area contributed by atoms with Crippen molar-refractivity contribution >= 4 is 17.4 Å². The molecule has 2 atom stereocenters. The van der Waals surface area contributed by atoms with Crippen LogP contribution in [0, 0.1) is 0 Å². The third kappa shape index (κ3) is 4.93. The molecule has 0 aliphatic carbocycles. The molecule has 0 amide bonds. The summed E-state index contributed by atoms with van der Waals surface area (Å²) in [6.07, 6.45) is 7.50. The number of hydrogen-bond donors (Lipinski definition) is 0. The van der Waals surface area contributed by atoms with Crippen LogP contribution in [0.1, 0.15) is 38.2 Å². The van der Waals surface area contributed by atoms with Crippen LogP contribution < -0.4 is 4.90 Å². The lowest BCUT2D eigenvalue weighted by Gasteiger charge is -2.49. The van der Waals surface area contributed by atoms with Gasteiger partial charge in [-0.3, -0.25) is 4.90 Å². The fraction of sp³-hybridized carbons (Fsp3) is 0.542. The molecule has 2 saturated heterocycles. The molecule has 0 N–H and O–H groups in total. The standard InChI is InChI=1S/C24H32ClN3O/c1-24(29-2)12-16-28(22(18-24)17-19-6-8-20(25)9-7-19)21-10-14-27(15-11-21)23-5-3-4-13-26-23/h3-9,13,21-22H,10-12,14-18H2,1-2H3/t22-,24?/m0/s1. The van der Waals surface area contributed by atoms with Gasteiger partial charge in [-0.15, -0.1) is 0 Å². The molecular formula is C24H32ClN3O. The van der Waals surface area contributed by atoms with Gasteiger partial charge < -0.3 is 9.64 Å². The van der Waals surface area contributed by atoms with Crippen LogP contribution in [0.15, 0.2) is 48.7 Å². The van der Waals surface area contributed by atoms with Gasteiger partial charge in [0.2, 0.25) is 0 Å². The molecule has 4 nitrogen and oxygen atoms in total. The molecule has 3 heterocycles. The second-order valence-corrected chi connectivity index (χ2v) is 9.17. The van der Waals surface area contributed by atoms with Crippen LogP contribution in [0.2, 0.25) is 5.02 Å². The number of pyridine rings is 1. The average molecular weight is 414 g/mol. The van der Waals surface area contributed by atoms with Gasteiger partial charge in [0.05, 0.1) is 5.60 Å². The van der Waals surface area contributed by atoms with Gasteiger partial charge in [0.25, 0.3) is 0 Å². The third-order valence-electron chi connectivity index (χ3n) is 6.82. The smallest absolute Gasteiger partial charge is 0.128 e. The molecule has 4 rings (SSSR count). The van der Waals surface area contributed by atoms with Crippen LogP contribution >= 0.6 is 11.6 Å². The maximum Gasteiger partial charge on any atom is 0.128 e. The lowest BCUT2D eigenvalue weighted by molar-refractivity contribution is -0.0760. The summed E-state index contributed by atoms with van der Waals surface area (Å²) < 4.78 is 5.91. The minimum absolute atomic E-state index is 0.0255. The van der Waals surface area contributed by atoms with Crippen molar-refractivity contribution in [3.05, 3.63) is 59.2 Å². The van der Waals surface area contributed by atoms with Crippen LogP contribution in [0.25, 0.3) is 0 Å². The second-order valence-electron chi connectivity index (χ2n) is 8.74. The zero-order valence-corrected chi connectivity index (χ0v) is 18.3. The Bertz CT molecular complexity index is 776. The first kappa shape index (κ1) is 20.6. The molecule has 1 aromatic carbocycles. The maximum absolute atomic E-state index is 6.10. The van der Waals surface area contributed by atoms with E-state index in [9.17, 15) is 0 Å². The minimum atomic E-state index is -0.0255. The van der Waals surface area contributed by atoms with Crippen molar-refractivity contribution in [3.63, 3.8) is 0 Å². The van der Waals surface area contributed by atoms with Gasteiger partial charge in [0, 0.05) is 50.0 Å². The van der Waals surface area contributed by atoms with Crippen LogP contribution in [-0.2, 0) is 11.2 Å². The molecule has 0 spiro atoms. The molecule has 0 radical (unpaired) electrons. The number of likely N-dealkylation sites (tertiary alicyclic amines) is 1. The van der Waals surface area contributed by atoms with Crippen molar-refractivity contribution in [3.8, 4) is 0 Å². The van der Waals surface area contributed by atoms with Crippen LogP contribution in [0.4, 0.5) is 5.82 Å². The molecule has 5 heteroatoms. The number of methoxy groups -OCH3 is 1. The summed E-state index contributed by atoms with van der Waals surface area (Å²) in [6.45, 7) is 5.53. The Labute approximate surface area is 179 Å². The fourth-order valence-electron chi connectivity index (χ4n) is 4.98. The molecule has 0 saturated carbocycles. The lowest BCUT2D eigenvalue weighted by atomic mass is 9.83. The first-order chi connectivity index (χ1) is 14.1. The Morgan fingerprint density at radius 3 is 2.52 bits per heavy atom. The van der Waals surface area contributed by atoms with E-state index in [4.69, 9.17) is 16.3 Å². The Morgan fingerprint density at radius 2 is 1.86 bits per heavy atom. The van der Waals surface area contributed by atoms with E-state index in [1.165, 1.54) is 18.4 Å². The normalized spacial score (nSPS) is 26.6. The average Bonchev–Trinajstić information content (AvgIpc) is 2.76. The predicted octanol–water partition coefficient (Wildman–Crippen LogP) is 4.82. The largest absolute Gasteiger partial charge is 0.378 e. The summed E-state index contributed by atoms with van der Waals surface area (Å²) >= 11 is 6.10. The summed E-state index contributed by atoms with van der Waals surface area (Å²) in [5, 5.41) is 0.804. The number of nitrogens with zero attached hydrogens (tertiary/aromatic N) is 3. The number of anilines is 1. The van der Waals surface area contributed by atoms with E-state index < -0.39 is 0 Å². The van der Waals surface area contributed by atoms with Crippen molar-refractivity contribution in [2.45, 2.75) is 56.7 Å². The highest BCUT2D eigenvalue weighted by molar-refractivity contribution is 6.30. The Balaban J connectivity index is 1.45. The highest BCUT2D eigenvalue weighted by atomic mass is 35.5. The Morgan fingerprint density at radius 1 is 1.10 bits per heavy atom. The van der Waals surface area contributed by atoms with E-state index >= 15 is 0 Å². The van der Waals surface area contributed by atoms with Crippen molar-refractivity contribution in [2.75, 3.05) is 31.6 Å². The number of aromatic nitrogens is 1. The van der Waals surface area contributed by atoms with Gasteiger partial charge in [-0.1, -0.05) is 29.8 Å². The number of rotatable bonds is 5. The molecule has 29 heavy (non-hydrogen) atoms. The zero-order valence-electron chi connectivity index (χ0n) is 17.6. The summed E-state index contributed by atoms with van der Waals surface area (Å²) in [6, 6.07) is 15.7. The van der Waals surface area contributed by atoms with E-state index in [-0.39, 0.29) is 5.60 Å². The molecule has 0 bridgehead atoms. The van der Waals surface area contributed by atoms with Crippen LogP contribution in [-0.4, -0.2) is 54.3 Å². The maximum atomic E-state index is 6.10. The van der Waals surface area contributed by atoms with Crippen molar-refractivity contribution < 1.29 is 4.74 Å². The number of halogens is 1. The van der Waals surface area contributed by atoms with Gasteiger partial charge in [0.15, 0.2) is 0 Å². The summed E-state index contributed by atoms with van der Waals surface area (Å²) in [7, 11) is 1.86. The van der Waals surface area contributed by atoms with E-state index in [2.05, 4.69) is 46.0 Å². The van der Waals surface area contributed by atoms with Crippen molar-refractivity contribution in [1.29, 1.82) is 0 Å². The SMILES string of the molecule is COC1(C)CCN(C2CCN(c3ccccn3)CC2)[C@@H](Cc2ccc(Cl)cc2)C1. The molecule has 1 unspecified atom stereocenters. The predicted molar refractivity (Wildman–Crippen MR) is 120 cm³/mol. The highest BCUT2D eigenvalue weighted by Crippen LogP contribution is 2.35. The molecule has 1 aromatic heterocycles. The van der Waals surface area contributed by atoms with Gasteiger partial charge in [-0.25, -0.2) is 4.98 Å². The van der Waals surface area contributed by atoms with Crippen LogP contribution in [0.5, 0.6) is 0 Å². The monoisotopic (exact) mass is 413 g/mol. The lowest BCUT2D eigenvalue weighted by Crippen LogP contribution is -2.56. The van der Waals surface area contributed by atoms with Crippen molar-refractivity contribution in [2.24, 2.45) is 0 Å². The summed E-state index contributed by atoms with van der Waals surface area (Å²) in [5.41, 5.74) is 1.33. The first-order valence-electron chi connectivity index (χ1n) is 10.8. The molecule has 2 aliphatic heterocycles. The molecule has 2 fully saturated rings. The number of hydrogen-bond acceptors (Lipinski definition) is 4. The van der Waals surface area contributed by atoms with Crippen LogP contribution in [0.3, 0.4) is 0 Å². The van der Waals surface area contributed by atoms with Gasteiger partial charge in [-0.05, 0) is 68.9 Å². The van der Waals surface area contributed by atoms with E-state index in [1.54, 1.807) is 0 Å². The van der Waals surface area contributed by atoms with E-state index in [0.29, 0.717) is 12.1 Å². The molecule has 2 aliphatic rings. The topological polar surface area (TPSA) is 28.6 Å². The summed E-state index contributed by atoms with van der Waals surface area (Å²) in [5.74, 6) is 1.11. The number of piperidine rings is 2. The van der Waals surface area contributed by atoms with E-state index in [1.807, 2.05) is 31.5 Å². The van der Waals surface area contributed by atoms with Crippen molar-refractivity contribution in [1.82, 2.24) is 9.88 Å². The molecule has 156 valence electrons. The van der Waals surface area contributed by atoms with Gasteiger partial charge in [0.1, 0.15) is 5.82 Å². The van der Waals surface area contributed by atoms with Gasteiger partial charge >= 0.3 is 0 Å². The highest BCUT2D eigenvalue weighted by Gasteiger charge is 2.40. The number of benzene rings is 1. The summed E-state index contributed by atoms with van der Waals surface area (Å²) in [4.78, 5) is 9.73.